The van der Waals surface area contributed by atoms with E-state index in [0.29, 0.717) is 13.0 Å². The first-order valence-corrected chi connectivity index (χ1v) is 7.43. The first-order valence-electron chi connectivity index (χ1n) is 7.43. The molecule has 122 valence electrons. The summed E-state index contributed by atoms with van der Waals surface area (Å²) in [6, 6.07) is 10.6. The molecule has 2 amide bonds. The minimum absolute atomic E-state index is 0.155. The number of rotatable bonds is 8. The van der Waals surface area contributed by atoms with E-state index in [1.54, 1.807) is 12.1 Å². The van der Waals surface area contributed by atoms with E-state index >= 15 is 0 Å². The van der Waals surface area contributed by atoms with Crippen LogP contribution in [0.15, 0.2) is 47.1 Å². The fraction of sp³-hybridized carbons (Fsp3) is 0.294. The molecule has 1 aromatic heterocycles. The summed E-state index contributed by atoms with van der Waals surface area (Å²) in [6.45, 7) is 2.67. The van der Waals surface area contributed by atoms with Gasteiger partial charge in [0.25, 0.3) is 5.91 Å². The number of hydrogen-bond acceptors (Lipinski definition) is 4. The number of nitrogens with one attached hydrogen (secondary N) is 1. The van der Waals surface area contributed by atoms with E-state index in [1.807, 2.05) is 31.2 Å². The van der Waals surface area contributed by atoms with Crippen LogP contribution >= 0.6 is 0 Å². The molecule has 1 atom stereocenters. The lowest BCUT2D eigenvalue weighted by molar-refractivity contribution is -0.121. The lowest BCUT2D eigenvalue weighted by Gasteiger charge is -2.14. The number of ether oxygens (including phenoxy) is 1. The second-order valence-electron chi connectivity index (χ2n) is 5.07. The van der Waals surface area contributed by atoms with Crippen molar-refractivity contribution >= 4 is 11.8 Å². The van der Waals surface area contributed by atoms with Crippen molar-refractivity contribution in [1.29, 1.82) is 0 Å². The highest BCUT2D eigenvalue weighted by Gasteiger charge is 2.18. The molecule has 6 nitrogen and oxygen atoms in total. The van der Waals surface area contributed by atoms with Crippen molar-refractivity contribution < 1.29 is 18.7 Å². The Labute approximate surface area is 134 Å². The molecule has 2 aromatic rings. The summed E-state index contributed by atoms with van der Waals surface area (Å²) < 4.78 is 10.4. The van der Waals surface area contributed by atoms with E-state index in [1.165, 1.54) is 6.26 Å². The van der Waals surface area contributed by atoms with E-state index in [9.17, 15) is 9.59 Å². The molecule has 6 heteroatoms. The summed E-state index contributed by atoms with van der Waals surface area (Å²) in [5, 5.41) is 2.66. The van der Waals surface area contributed by atoms with Crippen molar-refractivity contribution in [2.75, 3.05) is 13.2 Å². The normalized spacial score (nSPS) is 11.7. The molecule has 0 bridgehead atoms. The number of hydrogen-bond donors (Lipinski definition) is 2. The zero-order valence-electron chi connectivity index (χ0n) is 13.0. The molecular weight excluding hydrogens is 296 g/mol. The Morgan fingerprint density at radius 1 is 1.26 bits per heavy atom. The van der Waals surface area contributed by atoms with Crippen LogP contribution < -0.4 is 15.8 Å². The van der Waals surface area contributed by atoms with Crippen LogP contribution in [-0.4, -0.2) is 25.0 Å². The van der Waals surface area contributed by atoms with Crippen LogP contribution in [0.3, 0.4) is 0 Å². The summed E-state index contributed by atoms with van der Waals surface area (Å²) in [5.74, 6) is -0.342. The first-order chi connectivity index (χ1) is 11.1. The molecule has 2 rings (SSSR count). The quantitative estimate of drug-likeness (QED) is 0.775. The number of carbonyl (C=O) groups is 2. The highest BCUT2D eigenvalue weighted by atomic mass is 16.5. The fourth-order valence-electron chi connectivity index (χ4n) is 2.16. The molecule has 0 spiro atoms. The minimum Gasteiger partial charge on any atom is -0.494 e. The van der Waals surface area contributed by atoms with E-state index in [4.69, 9.17) is 14.9 Å². The molecule has 1 unspecified atom stereocenters. The molecule has 23 heavy (non-hydrogen) atoms. The Balaban J connectivity index is 1.93. The van der Waals surface area contributed by atoms with Gasteiger partial charge in [-0.15, -0.1) is 0 Å². The third-order valence-electron chi connectivity index (χ3n) is 3.37. The second-order valence-corrected chi connectivity index (χ2v) is 5.07. The van der Waals surface area contributed by atoms with E-state index in [0.717, 1.165) is 11.3 Å². The van der Waals surface area contributed by atoms with Gasteiger partial charge >= 0.3 is 0 Å². The number of carbonyl (C=O) groups excluding carboxylic acids is 2. The molecule has 0 aliphatic carbocycles. The summed E-state index contributed by atoms with van der Waals surface area (Å²) in [6.07, 6.45) is 1.86. The maximum Gasteiger partial charge on any atom is 0.287 e. The number of furan rings is 1. The fourth-order valence-corrected chi connectivity index (χ4v) is 2.16. The Bertz CT molecular complexity index is 635. The van der Waals surface area contributed by atoms with Crippen molar-refractivity contribution in [2.24, 2.45) is 11.7 Å². The molecular formula is C17H20N2O4. The van der Waals surface area contributed by atoms with Gasteiger partial charge in [0.05, 0.1) is 18.8 Å². The Morgan fingerprint density at radius 3 is 2.57 bits per heavy atom. The third-order valence-corrected chi connectivity index (χ3v) is 3.37. The zero-order chi connectivity index (χ0) is 16.7. The maximum atomic E-state index is 11.8. The van der Waals surface area contributed by atoms with E-state index in [-0.39, 0.29) is 18.2 Å². The standard InChI is InChI=1S/C17H20N2O4/c1-2-22-14-7-5-12(6-8-14)10-13(16(18)20)11-19-17(21)15-4-3-9-23-15/h3-9,13H,2,10-11H2,1H3,(H2,18,20)(H,19,21). The van der Waals surface area contributed by atoms with Crippen LogP contribution in [0.1, 0.15) is 23.0 Å². The van der Waals surface area contributed by atoms with E-state index in [2.05, 4.69) is 5.32 Å². The summed E-state index contributed by atoms with van der Waals surface area (Å²) in [5.41, 5.74) is 6.38. The monoisotopic (exact) mass is 316 g/mol. The summed E-state index contributed by atoms with van der Waals surface area (Å²) in [4.78, 5) is 23.4. The molecule has 1 aromatic carbocycles. The molecule has 0 radical (unpaired) electrons. The second kappa shape index (κ2) is 8.03. The van der Waals surface area contributed by atoms with Gasteiger partial charge in [0, 0.05) is 6.54 Å². The third kappa shape index (κ3) is 4.88. The average molecular weight is 316 g/mol. The van der Waals surface area contributed by atoms with Gasteiger partial charge in [-0.1, -0.05) is 12.1 Å². The minimum atomic E-state index is -0.494. The number of nitrogens with two attached hydrogens (primary N) is 1. The van der Waals surface area contributed by atoms with Crippen molar-refractivity contribution in [3.63, 3.8) is 0 Å². The lowest BCUT2D eigenvalue weighted by Crippen LogP contribution is -2.37. The van der Waals surface area contributed by atoms with Gasteiger partial charge in [-0.2, -0.15) is 0 Å². The summed E-state index contributed by atoms with van der Waals surface area (Å²) in [7, 11) is 0. The van der Waals surface area contributed by atoms with Crippen LogP contribution in [0.4, 0.5) is 0 Å². The van der Waals surface area contributed by atoms with Gasteiger partial charge in [0.1, 0.15) is 5.75 Å². The molecule has 0 saturated carbocycles. The van der Waals surface area contributed by atoms with Gasteiger partial charge in [0.2, 0.25) is 5.91 Å². The highest BCUT2D eigenvalue weighted by Crippen LogP contribution is 2.15. The summed E-state index contributed by atoms with van der Waals surface area (Å²) >= 11 is 0. The predicted octanol–water partition coefficient (Wildman–Crippen LogP) is 1.75. The highest BCUT2D eigenvalue weighted by molar-refractivity contribution is 5.91. The predicted molar refractivity (Wildman–Crippen MR) is 85.0 cm³/mol. The Hall–Kier alpha value is -2.76. The van der Waals surface area contributed by atoms with Crippen LogP contribution in [-0.2, 0) is 11.2 Å². The van der Waals surface area contributed by atoms with Crippen LogP contribution in [0.2, 0.25) is 0 Å². The van der Waals surface area contributed by atoms with E-state index < -0.39 is 11.8 Å². The number of benzene rings is 1. The molecule has 0 aliphatic heterocycles. The van der Waals surface area contributed by atoms with Gasteiger partial charge < -0.3 is 20.2 Å². The largest absolute Gasteiger partial charge is 0.494 e. The van der Waals surface area contributed by atoms with Crippen LogP contribution in [0.25, 0.3) is 0 Å². The Morgan fingerprint density at radius 2 is 2.00 bits per heavy atom. The van der Waals surface area contributed by atoms with Crippen molar-refractivity contribution in [1.82, 2.24) is 5.32 Å². The van der Waals surface area contributed by atoms with Crippen LogP contribution in [0, 0.1) is 5.92 Å². The zero-order valence-corrected chi connectivity index (χ0v) is 13.0. The van der Waals surface area contributed by atoms with Gasteiger partial charge in [0.15, 0.2) is 5.76 Å². The molecule has 0 aliphatic rings. The van der Waals surface area contributed by atoms with Crippen LogP contribution in [0.5, 0.6) is 5.75 Å². The first kappa shape index (κ1) is 16.6. The van der Waals surface area contributed by atoms with Crippen molar-refractivity contribution in [3.05, 3.63) is 54.0 Å². The van der Waals surface area contributed by atoms with Crippen molar-refractivity contribution in [3.8, 4) is 5.75 Å². The van der Waals surface area contributed by atoms with Gasteiger partial charge in [-0.25, -0.2) is 0 Å². The SMILES string of the molecule is CCOc1ccc(CC(CNC(=O)c2ccco2)C(N)=O)cc1. The molecule has 1 heterocycles. The molecule has 3 N–H and O–H groups in total. The topological polar surface area (TPSA) is 94.6 Å². The molecule has 0 fully saturated rings. The van der Waals surface area contributed by atoms with Crippen molar-refractivity contribution in [2.45, 2.75) is 13.3 Å². The van der Waals surface area contributed by atoms with Gasteiger partial charge in [-0.3, -0.25) is 9.59 Å². The Kier molecular flexibility index (Phi) is 5.80. The van der Waals surface area contributed by atoms with Gasteiger partial charge in [-0.05, 0) is 43.2 Å². The maximum absolute atomic E-state index is 11.8. The molecule has 0 saturated heterocycles. The lowest BCUT2D eigenvalue weighted by atomic mass is 9.98. The average Bonchev–Trinajstić information content (AvgIpc) is 3.07. The number of primary amides is 1. The number of amides is 2. The smallest absolute Gasteiger partial charge is 0.287 e.